The SMILES string of the molecule is CCCc1nccn1CCOc1ccc(Br)cc1. The van der Waals surface area contributed by atoms with E-state index in [1.807, 2.05) is 36.7 Å². The quantitative estimate of drug-likeness (QED) is 0.814. The average Bonchev–Trinajstić information content (AvgIpc) is 2.80. The van der Waals surface area contributed by atoms with Crippen LogP contribution in [0.2, 0.25) is 0 Å². The molecule has 2 rings (SSSR count). The van der Waals surface area contributed by atoms with E-state index in [0.29, 0.717) is 6.61 Å². The summed E-state index contributed by atoms with van der Waals surface area (Å²) in [5.41, 5.74) is 0. The molecule has 1 aromatic heterocycles. The Morgan fingerprint density at radius 3 is 2.78 bits per heavy atom. The summed E-state index contributed by atoms with van der Waals surface area (Å²) in [5.74, 6) is 2.03. The number of hydrogen-bond donors (Lipinski definition) is 0. The Labute approximate surface area is 116 Å². The summed E-state index contributed by atoms with van der Waals surface area (Å²) in [6.45, 7) is 3.66. The molecular weight excluding hydrogens is 292 g/mol. The van der Waals surface area contributed by atoms with E-state index in [4.69, 9.17) is 4.74 Å². The zero-order valence-corrected chi connectivity index (χ0v) is 12.1. The summed E-state index contributed by atoms with van der Waals surface area (Å²) in [6, 6.07) is 7.89. The second-order valence-corrected chi connectivity index (χ2v) is 5.00. The van der Waals surface area contributed by atoms with Crippen LogP contribution in [-0.4, -0.2) is 16.2 Å². The molecule has 18 heavy (non-hydrogen) atoms. The van der Waals surface area contributed by atoms with Gasteiger partial charge in [0.1, 0.15) is 18.2 Å². The number of aryl methyl sites for hydroxylation is 1. The van der Waals surface area contributed by atoms with Crippen LogP contribution in [0.5, 0.6) is 5.75 Å². The molecule has 0 amide bonds. The number of halogens is 1. The molecule has 0 aliphatic rings. The maximum atomic E-state index is 5.70. The summed E-state index contributed by atoms with van der Waals surface area (Å²) >= 11 is 3.40. The minimum atomic E-state index is 0.661. The molecule has 0 spiro atoms. The van der Waals surface area contributed by atoms with Crippen LogP contribution in [-0.2, 0) is 13.0 Å². The first-order valence-corrected chi connectivity index (χ1v) is 6.97. The van der Waals surface area contributed by atoms with Crippen molar-refractivity contribution >= 4 is 15.9 Å². The van der Waals surface area contributed by atoms with Crippen molar-refractivity contribution in [2.75, 3.05) is 6.61 Å². The number of benzene rings is 1. The normalized spacial score (nSPS) is 10.6. The Bertz CT molecular complexity index is 479. The standard InChI is InChI=1S/C14H17BrN2O/c1-2-3-14-16-8-9-17(14)10-11-18-13-6-4-12(15)5-7-13/h4-9H,2-3,10-11H2,1H3. The third-order valence-electron chi connectivity index (χ3n) is 2.69. The van der Waals surface area contributed by atoms with Crippen LogP contribution in [0, 0.1) is 0 Å². The Morgan fingerprint density at radius 2 is 2.06 bits per heavy atom. The van der Waals surface area contributed by atoms with Gasteiger partial charge in [-0.25, -0.2) is 4.98 Å². The second kappa shape index (κ2) is 6.59. The first kappa shape index (κ1) is 13.1. The molecule has 0 fully saturated rings. The highest BCUT2D eigenvalue weighted by atomic mass is 79.9. The van der Waals surface area contributed by atoms with E-state index in [1.165, 1.54) is 0 Å². The minimum absolute atomic E-state index is 0.661. The van der Waals surface area contributed by atoms with E-state index in [9.17, 15) is 0 Å². The average molecular weight is 309 g/mol. The lowest BCUT2D eigenvalue weighted by Gasteiger charge is -2.09. The number of imidazole rings is 1. The van der Waals surface area contributed by atoms with Gasteiger partial charge < -0.3 is 9.30 Å². The van der Waals surface area contributed by atoms with E-state index in [1.54, 1.807) is 0 Å². The van der Waals surface area contributed by atoms with Crippen molar-refractivity contribution in [2.24, 2.45) is 0 Å². The molecule has 0 aliphatic heterocycles. The molecule has 0 atom stereocenters. The first-order chi connectivity index (χ1) is 8.79. The monoisotopic (exact) mass is 308 g/mol. The molecule has 0 radical (unpaired) electrons. The molecule has 4 heteroatoms. The van der Waals surface area contributed by atoms with Crippen LogP contribution in [0.1, 0.15) is 19.2 Å². The van der Waals surface area contributed by atoms with E-state index in [2.05, 4.69) is 32.4 Å². The fourth-order valence-corrected chi connectivity index (χ4v) is 2.05. The summed E-state index contributed by atoms with van der Waals surface area (Å²) in [6.07, 6.45) is 6.00. The van der Waals surface area contributed by atoms with Crippen molar-refractivity contribution in [3.05, 3.63) is 47.0 Å². The van der Waals surface area contributed by atoms with Gasteiger partial charge in [-0.2, -0.15) is 0 Å². The Kier molecular flexibility index (Phi) is 4.81. The molecule has 0 bridgehead atoms. The fraction of sp³-hybridized carbons (Fsp3) is 0.357. The second-order valence-electron chi connectivity index (χ2n) is 4.09. The zero-order valence-electron chi connectivity index (χ0n) is 10.5. The first-order valence-electron chi connectivity index (χ1n) is 6.18. The molecule has 0 saturated heterocycles. The van der Waals surface area contributed by atoms with Gasteiger partial charge in [-0.1, -0.05) is 22.9 Å². The van der Waals surface area contributed by atoms with Crippen molar-refractivity contribution in [3.8, 4) is 5.75 Å². The van der Waals surface area contributed by atoms with Crippen LogP contribution in [0.3, 0.4) is 0 Å². The minimum Gasteiger partial charge on any atom is -0.492 e. The van der Waals surface area contributed by atoms with Crippen molar-refractivity contribution in [2.45, 2.75) is 26.3 Å². The van der Waals surface area contributed by atoms with Gasteiger partial charge in [0.25, 0.3) is 0 Å². The molecule has 96 valence electrons. The number of hydrogen-bond acceptors (Lipinski definition) is 2. The molecule has 1 heterocycles. The third-order valence-corrected chi connectivity index (χ3v) is 3.22. The lowest BCUT2D eigenvalue weighted by Crippen LogP contribution is -2.10. The Balaban J connectivity index is 1.84. The summed E-state index contributed by atoms with van der Waals surface area (Å²) in [5, 5.41) is 0. The molecule has 0 unspecified atom stereocenters. The van der Waals surface area contributed by atoms with Gasteiger partial charge in [0, 0.05) is 23.3 Å². The molecule has 0 saturated carbocycles. The lowest BCUT2D eigenvalue weighted by molar-refractivity contribution is 0.296. The maximum absolute atomic E-state index is 5.70. The highest BCUT2D eigenvalue weighted by Crippen LogP contribution is 2.16. The maximum Gasteiger partial charge on any atom is 0.119 e. The summed E-state index contributed by atoms with van der Waals surface area (Å²) in [7, 11) is 0. The van der Waals surface area contributed by atoms with Crippen molar-refractivity contribution in [3.63, 3.8) is 0 Å². The lowest BCUT2D eigenvalue weighted by atomic mass is 10.3. The highest BCUT2D eigenvalue weighted by molar-refractivity contribution is 9.10. The van der Waals surface area contributed by atoms with Gasteiger partial charge in [0.2, 0.25) is 0 Å². The number of ether oxygens (including phenoxy) is 1. The molecule has 0 N–H and O–H groups in total. The van der Waals surface area contributed by atoms with Crippen molar-refractivity contribution < 1.29 is 4.74 Å². The molecular formula is C14H17BrN2O. The van der Waals surface area contributed by atoms with Gasteiger partial charge in [-0.05, 0) is 30.7 Å². The predicted molar refractivity (Wildman–Crippen MR) is 75.9 cm³/mol. The number of nitrogens with zero attached hydrogens (tertiary/aromatic N) is 2. The van der Waals surface area contributed by atoms with Crippen LogP contribution in [0.15, 0.2) is 41.1 Å². The Hall–Kier alpha value is -1.29. The topological polar surface area (TPSA) is 27.1 Å². The van der Waals surface area contributed by atoms with Crippen LogP contribution in [0.4, 0.5) is 0 Å². The van der Waals surface area contributed by atoms with Crippen molar-refractivity contribution in [1.82, 2.24) is 9.55 Å². The fourth-order valence-electron chi connectivity index (χ4n) is 1.79. The number of aromatic nitrogens is 2. The molecule has 1 aromatic carbocycles. The zero-order chi connectivity index (χ0) is 12.8. The van der Waals surface area contributed by atoms with Gasteiger partial charge in [-0.15, -0.1) is 0 Å². The smallest absolute Gasteiger partial charge is 0.119 e. The van der Waals surface area contributed by atoms with Crippen molar-refractivity contribution in [1.29, 1.82) is 0 Å². The van der Waals surface area contributed by atoms with E-state index in [0.717, 1.165) is 35.4 Å². The van der Waals surface area contributed by atoms with E-state index < -0.39 is 0 Å². The number of rotatable bonds is 6. The van der Waals surface area contributed by atoms with Gasteiger partial charge in [-0.3, -0.25) is 0 Å². The van der Waals surface area contributed by atoms with Crippen LogP contribution >= 0.6 is 15.9 Å². The van der Waals surface area contributed by atoms with E-state index in [-0.39, 0.29) is 0 Å². The third kappa shape index (κ3) is 3.60. The molecule has 2 aromatic rings. The molecule has 0 aliphatic carbocycles. The van der Waals surface area contributed by atoms with Gasteiger partial charge >= 0.3 is 0 Å². The molecule has 3 nitrogen and oxygen atoms in total. The van der Waals surface area contributed by atoms with E-state index >= 15 is 0 Å². The predicted octanol–water partition coefficient (Wildman–Crippen LogP) is 3.68. The largest absolute Gasteiger partial charge is 0.492 e. The van der Waals surface area contributed by atoms with Crippen LogP contribution in [0.25, 0.3) is 0 Å². The van der Waals surface area contributed by atoms with Gasteiger partial charge in [0.05, 0.1) is 6.54 Å². The highest BCUT2D eigenvalue weighted by Gasteiger charge is 2.01. The summed E-state index contributed by atoms with van der Waals surface area (Å²) in [4.78, 5) is 4.34. The van der Waals surface area contributed by atoms with Gasteiger partial charge in [0.15, 0.2) is 0 Å². The van der Waals surface area contributed by atoms with Crippen LogP contribution < -0.4 is 4.74 Å². The summed E-state index contributed by atoms with van der Waals surface area (Å²) < 4.78 is 8.92. The Morgan fingerprint density at radius 1 is 1.28 bits per heavy atom.